The molecule has 0 bridgehead atoms. The van der Waals surface area contributed by atoms with Crippen LogP contribution in [0.15, 0.2) is 30.3 Å². The fourth-order valence-electron chi connectivity index (χ4n) is 2.88. The van der Waals surface area contributed by atoms with Crippen LogP contribution in [-0.4, -0.2) is 41.5 Å². The minimum atomic E-state index is -3.96. The number of nitrogens with one attached hydrogen (secondary N) is 1. The van der Waals surface area contributed by atoms with Crippen molar-refractivity contribution >= 4 is 17.5 Å². The minimum absolute atomic E-state index is 0.0445. The number of Topliss-reactive ketones (excluding diaryl/α,β-unsaturated/α-hetero) is 2. The van der Waals surface area contributed by atoms with Gasteiger partial charge in [0.1, 0.15) is 5.54 Å². The van der Waals surface area contributed by atoms with E-state index >= 15 is 0 Å². The zero-order chi connectivity index (χ0) is 20.8. The van der Waals surface area contributed by atoms with Gasteiger partial charge in [-0.1, -0.05) is 44.2 Å². The van der Waals surface area contributed by atoms with Crippen LogP contribution in [0.3, 0.4) is 0 Å². The van der Waals surface area contributed by atoms with Crippen molar-refractivity contribution in [3.05, 3.63) is 35.9 Å². The first kappa shape index (κ1) is 22.9. The topological polar surface area (TPSA) is 115 Å². The number of hydrogen-bond donors (Lipinski definition) is 3. The molecule has 0 aromatic heterocycles. The van der Waals surface area contributed by atoms with Gasteiger partial charge in [-0.2, -0.15) is 8.78 Å². The minimum Gasteiger partial charge on any atom is -0.346 e. The quantitative estimate of drug-likeness (QED) is 0.525. The Bertz CT molecular complexity index is 680. The van der Waals surface area contributed by atoms with E-state index < -0.39 is 47.9 Å². The summed E-state index contributed by atoms with van der Waals surface area (Å²) >= 11 is 0. The van der Waals surface area contributed by atoms with Gasteiger partial charge in [-0.25, -0.2) is 0 Å². The molecule has 1 aromatic carbocycles. The van der Waals surface area contributed by atoms with Crippen molar-refractivity contribution in [2.24, 2.45) is 17.4 Å². The Hall–Kier alpha value is -2.19. The van der Waals surface area contributed by atoms with Crippen molar-refractivity contribution < 1.29 is 23.2 Å². The summed E-state index contributed by atoms with van der Waals surface area (Å²) in [6.07, 6.45) is -0.261. The molecule has 27 heavy (non-hydrogen) atoms. The number of halogens is 2. The van der Waals surface area contributed by atoms with E-state index in [1.807, 2.05) is 0 Å². The van der Waals surface area contributed by atoms with Crippen LogP contribution in [0.1, 0.15) is 32.8 Å². The molecule has 8 heteroatoms. The van der Waals surface area contributed by atoms with Crippen molar-refractivity contribution in [2.45, 2.75) is 51.1 Å². The Kier molecular flexibility index (Phi) is 7.74. The van der Waals surface area contributed by atoms with E-state index in [2.05, 4.69) is 5.32 Å². The van der Waals surface area contributed by atoms with E-state index in [9.17, 15) is 23.2 Å². The molecule has 0 aliphatic carbocycles. The maximum atomic E-state index is 14.1. The van der Waals surface area contributed by atoms with Gasteiger partial charge in [0.15, 0.2) is 5.78 Å². The second-order valence-corrected chi connectivity index (χ2v) is 7.12. The van der Waals surface area contributed by atoms with Crippen LogP contribution >= 0.6 is 0 Å². The number of amides is 1. The SMILES string of the molecule is CC(=O)N[C@@H](CC(C)C)C(=O)C(N)(Cc1ccccc1)C(=O)C(F)(F)CN. The van der Waals surface area contributed by atoms with Crippen LogP contribution in [-0.2, 0) is 20.8 Å². The van der Waals surface area contributed by atoms with E-state index in [4.69, 9.17) is 11.5 Å². The third-order valence-electron chi connectivity index (χ3n) is 4.16. The highest BCUT2D eigenvalue weighted by atomic mass is 19.3. The molecule has 1 rings (SSSR count). The lowest BCUT2D eigenvalue weighted by Crippen LogP contribution is -2.67. The van der Waals surface area contributed by atoms with Gasteiger partial charge >= 0.3 is 5.92 Å². The van der Waals surface area contributed by atoms with Crippen molar-refractivity contribution in [1.82, 2.24) is 5.32 Å². The highest BCUT2D eigenvalue weighted by Gasteiger charge is 2.54. The number of rotatable bonds is 10. The number of benzene rings is 1. The Morgan fingerprint density at radius 1 is 1.15 bits per heavy atom. The van der Waals surface area contributed by atoms with Crippen LogP contribution in [0.4, 0.5) is 8.78 Å². The number of hydrogen-bond acceptors (Lipinski definition) is 5. The lowest BCUT2D eigenvalue weighted by molar-refractivity contribution is -0.153. The van der Waals surface area contributed by atoms with Crippen molar-refractivity contribution in [3.8, 4) is 0 Å². The van der Waals surface area contributed by atoms with Gasteiger partial charge in [-0.3, -0.25) is 14.4 Å². The molecule has 0 spiro atoms. The molecule has 1 amide bonds. The summed E-state index contributed by atoms with van der Waals surface area (Å²) in [4.78, 5) is 37.2. The Labute approximate surface area is 157 Å². The first-order chi connectivity index (χ1) is 12.4. The monoisotopic (exact) mass is 383 g/mol. The number of carbonyl (C=O) groups excluding carboxylic acids is 3. The standard InChI is InChI=1S/C19H27F2N3O3/c1-12(2)9-15(24-13(3)25)16(26)18(23,17(27)19(20,21)11-22)10-14-7-5-4-6-8-14/h4-8,12,15H,9-11,22-23H2,1-3H3,(H,24,25)/t15-,18?/m0/s1. The summed E-state index contributed by atoms with van der Waals surface area (Å²) in [6, 6.07) is 7.00. The molecule has 1 aromatic rings. The molecule has 0 fully saturated rings. The highest BCUT2D eigenvalue weighted by molar-refractivity contribution is 6.16. The summed E-state index contributed by atoms with van der Waals surface area (Å²) in [5.74, 6) is -7.22. The molecular formula is C19H27F2N3O3. The molecule has 1 unspecified atom stereocenters. The molecule has 0 saturated carbocycles. The predicted molar refractivity (Wildman–Crippen MR) is 98.1 cm³/mol. The van der Waals surface area contributed by atoms with Crippen molar-refractivity contribution in [3.63, 3.8) is 0 Å². The maximum absolute atomic E-state index is 14.1. The smallest absolute Gasteiger partial charge is 0.319 e. The molecule has 0 saturated heterocycles. The van der Waals surface area contributed by atoms with E-state index in [1.54, 1.807) is 44.2 Å². The van der Waals surface area contributed by atoms with Gasteiger partial charge in [0, 0.05) is 13.3 Å². The van der Waals surface area contributed by atoms with Gasteiger partial charge < -0.3 is 16.8 Å². The van der Waals surface area contributed by atoms with E-state index in [0.29, 0.717) is 5.56 Å². The largest absolute Gasteiger partial charge is 0.346 e. The molecule has 150 valence electrons. The molecule has 0 heterocycles. The lowest BCUT2D eigenvalue weighted by Gasteiger charge is -2.33. The summed E-state index contributed by atoms with van der Waals surface area (Å²) in [5, 5.41) is 2.43. The second kappa shape index (κ2) is 9.14. The Balaban J connectivity index is 3.38. The molecule has 0 radical (unpaired) electrons. The van der Waals surface area contributed by atoms with Crippen molar-refractivity contribution in [1.29, 1.82) is 0 Å². The van der Waals surface area contributed by atoms with Gasteiger partial charge in [-0.15, -0.1) is 0 Å². The average Bonchev–Trinajstić information content (AvgIpc) is 2.59. The average molecular weight is 383 g/mol. The normalized spacial score (nSPS) is 15.1. The molecule has 6 nitrogen and oxygen atoms in total. The summed E-state index contributed by atoms with van der Waals surface area (Å²) in [7, 11) is 0. The van der Waals surface area contributed by atoms with Gasteiger partial charge in [0.25, 0.3) is 0 Å². The van der Waals surface area contributed by atoms with Crippen LogP contribution in [0.5, 0.6) is 0 Å². The van der Waals surface area contributed by atoms with E-state index in [1.165, 1.54) is 6.92 Å². The predicted octanol–water partition coefficient (Wildman–Crippen LogP) is 1.21. The number of alkyl halides is 2. The maximum Gasteiger partial charge on any atom is 0.319 e. The van der Waals surface area contributed by atoms with Gasteiger partial charge in [0.05, 0.1) is 12.6 Å². The first-order valence-corrected chi connectivity index (χ1v) is 8.71. The fourth-order valence-corrected chi connectivity index (χ4v) is 2.88. The first-order valence-electron chi connectivity index (χ1n) is 8.71. The number of nitrogens with two attached hydrogens (primary N) is 2. The summed E-state index contributed by atoms with van der Waals surface area (Å²) in [6.45, 7) is 3.54. The van der Waals surface area contributed by atoms with Crippen LogP contribution in [0.25, 0.3) is 0 Å². The molecule has 5 N–H and O–H groups in total. The van der Waals surface area contributed by atoms with Crippen LogP contribution < -0.4 is 16.8 Å². The van der Waals surface area contributed by atoms with Gasteiger partial charge in [0.2, 0.25) is 11.7 Å². The number of carbonyl (C=O) groups is 3. The summed E-state index contributed by atoms with van der Waals surface area (Å²) in [5.41, 5.74) is 9.00. The van der Waals surface area contributed by atoms with E-state index in [-0.39, 0.29) is 12.3 Å². The fraction of sp³-hybridized carbons (Fsp3) is 0.526. The Morgan fingerprint density at radius 2 is 1.70 bits per heavy atom. The molecule has 0 aliphatic rings. The third-order valence-corrected chi connectivity index (χ3v) is 4.16. The third kappa shape index (κ3) is 5.90. The second-order valence-electron chi connectivity index (χ2n) is 7.12. The number of ketones is 2. The van der Waals surface area contributed by atoms with Crippen LogP contribution in [0.2, 0.25) is 0 Å². The zero-order valence-electron chi connectivity index (χ0n) is 15.8. The molecular weight excluding hydrogens is 356 g/mol. The highest BCUT2D eigenvalue weighted by Crippen LogP contribution is 2.26. The lowest BCUT2D eigenvalue weighted by atomic mass is 9.77. The Morgan fingerprint density at radius 3 is 2.15 bits per heavy atom. The summed E-state index contributed by atoms with van der Waals surface area (Å²) < 4.78 is 28.2. The van der Waals surface area contributed by atoms with Crippen molar-refractivity contribution in [2.75, 3.05) is 6.54 Å². The van der Waals surface area contributed by atoms with Gasteiger partial charge in [-0.05, 0) is 17.9 Å². The zero-order valence-corrected chi connectivity index (χ0v) is 15.8. The molecule has 2 atom stereocenters. The van der Waals surface area contributed by atoms with Crippen LogP contribution in [0, 0.1) is 5.92 Å². The molecule has 0 aliphatic heterocycles. The van der Waals surface area contributed by atoms with E-state index in [0.717, 1.165) is 0 Å².